The molecule has 0 unspecified atom stereocenters. The standard InChI is InChI=1S/C48H51BrF2N4O6/c1-3-5-7-9-11-13-29-58-44-27-23-38(31-42(44)50)54-52-36-19-15-34(16-20-36)47(56)60-40-25-26-41(49)46(33-40)61-48(57)35-17-21-37(22-18-35)53-55-39-24-28-45(43(51)32-39)59-30-14-12-10-8-6-4-2/h15-28,31-33H,3-14,29-30H2,1-2H3. The molecule has 0 saturated carbocycles. The second kappa shape index (κ2) is 25.1. The average molecular weight is 898 g/mol. The first kappa shape index (κ1) is 46.2. The van der Waals surface area contributed by atoms with E-state index in [0.717, 1.165) is 38.5 Å². The van der Waals surface area contributed by atoms with Crippen molar-refractivity contribution in [3.8, 4) is 23.0 Å². The lowest BCUT2D eigenvalue weighted by atomic mass is 10.1. The molecular weight excluding hydrogens is 846 g/mol. The molecule has 0 N–H and O–H groups in total. The van der Waals surface area contributed by atoms with Crippen molar-refractivity contribution < 1.29 is 37.3 Å². The van der Waals surface area contributed by atoms with E-state index in [0.29, 0.717) is 40.4 Å². The third-order valence-electron chi connectivity index (χ3n) is 9.43. The first-order chi connectivity index (χ1) is 29.7. The summed E-state index contributed by atoms with van der Waals surface area (Å²) in [4.78, 5) is 26.0. The summed E-state index contributed by atoms with van der Waals surface area (Å²) >= 11 is 3.37. The van der Waals surface area contributed by atoms with Gasteiger partial charge in [0.1, 0.15) is 11.5 Å². The predicted octanol–water partition coefficient (Wildman–Crippen LogP) is 15.5. The fourth-order valence-electron chi connectivity index (χ4n) is 5.98. The van der Waals surface area contributed by atoms with Gasteiger partial charge in [0.2, 0.25) is 0 Å². The largest absolute Gasteiger partial charge is 0.491 e. The zero-order chi connectivity index (χ0) is 43.2. The number of halogens is 3. The van der Waals surface area contributed by atoms with Crippen molar-refractivity contribution in [3.63, 3.8) is 0 Å². The number of rotatable bonds is 24. The molecule has 61 heavy (non-hydrogen) atoms. The molecule has 0 aliphatic rings. The van der Waals surface area contributed by atoms with Crippen LogP contribution >= 0.6 is 15.9 Å². The molecule has 13 heteroatoms. The van der Waals surface area contributed by atoms with Crippen LogP contribution in [0.4, 0.5) is 31.5 Å². The summed E-state index contributed by atoms with van der Waals surface area (Å²) in [5, 5.41) is 16.5. The third kappa shape index (κ3) is 15.6. The zero-order valence-corrected chi connectivity index (χ0v) is 36.2. The number of hydrogen-bond donors (Lipinski definition) is 0. The Kier molecular flexibility index (Phi) is 19.0. The molecule has 10 nitrogen and oxygen atoms in total. The Bertz CT molecular complexity index is 2240. The van der Waals surface area contributed by atoms with Crippen LogP contribution in [-0.4, -0.2) is 25.2 Å². The quantitative estimate of drug-likeness (QED) is 0.0263. The van der Waals surface area contributed by atoms with Crippen molar-refractivity contribution >= 4 is 50.6 Å². The Hall–Kier alpha value is -5.82. The van der Waals surface area contributed by atoms with Crippen molar-refractivity contribution in [1.82, 2.24) is 0 Å². The van der Waals surface area contributed by atoms with Crippen LogP contribution in [0.2, 0.25) is 0 Å². The van der Waals surface area contributed by atoms with E-state index < -0.39 is 23.6 Å². The van der Waals surface area contributed by atoms with Crippen LogP contribution in [0.25, 0.3) is 0 Å². The minimum atomic E-state index is -0.661. The number of esters is 2. The van der Waals surface area contributed by atoms with Crippen molar-refractivity contribution in [2.45, 2.75) is 90.9 Å². The molecule has 0 fully saturated rings. The van der Waals surface area contributed by atoms with Gasteiger partial charge in [-0.15, -0.1) is 0 Å². The summed E-state index contributed by atoms with van der Waals surface area (Å²) in [6, 6.07) is 25.9. The van der Waals surface area contributed by atoms with E-state index in [4.69, 9.17) is 18.9 Å². The van der Waals surface area contributed by atoms with Gasteiger partial charge in [0.05, 0.1) is 51.6 Å². The minimum absolute atomic E-state index is 0.130. The molecule has 5 rings (SSSR count). The Morgan fingerprint density at radius 2 is 0.885 bits per heavy atom. The molecule has 0 radical (unpaired) electrons. The highest BCUT2D eigenvalue weighted by molar-refractivity contribution is 9.10. The molecule has 0 aromatic heterocycles. The number of azo groups is 2. The first-order valence-corrected chi connectivity index (χ1v) is 21.6. The number of hydrogen-bond acceptors (Lipinski definition) is 10. The van der Waals surface area contributed by atoms with E-state index in [9.17, 15) is 18.4 Å². The zero-order valence-electron chi connectivity index (χ0n) is 34.6. The normalized spacial score (nSPS) is 11.3. The van der Waals surface area contributed by atoms with Gasteiger partial charge in [-0.3, -0.25) is 0 Å². The average Bonchev–Trinajstić information content (AvgIpc) is 3.27. The lowest BCUT2D eigenvalue weighted by molar-refractivity contribution is 0.0732. The van der Waals surface area contributed by atoms with Gasteiger partial charge in [0.15, 0.2) is 23.1 Å². The lowest BCUT2D eigenvalue weighted by Gasteiger charge is -2.10. The highest BCUT2D eigenvalue weighted by Crippen LogP contribution is 2.32. The Morgan fingerprint density at radius 1 is 0.475 bits per heavy atom. The maximum absolute atomic E-state index is 14.6. The molecule has 0 amide bonds. The molecule has 0 bridgehead atoms. The van der Waals surface area contributed by atoms with Crippen LogP contribution in [-0.2, 0) is 0 Å². The molecule has 0 spiro atoms. The number of ether oxygens (including phenoxy) is 4. The Labute approximate surface area is 364 Å². The molecule has 5 aromatic carbocycles. The second-order valence-corrected chi connectivity index (χ2v) is 15.2. The molecule has 0 heterocycles. The molecule has 0 aliphatic carbocycles. The molecule has 0 saturated heterocycles. The van der Waals surface area contributed by atoms with Gasteiger partial charge in [0, 0.05) is 18.2 Å². The van der Waals surface area contributed by atoms with Gasteiger partial charge in [0.25, 0.3) is 0 Å². The monoisotopic (exact) mass is 896 g/mol. The predicted molar refractivity (Wildman–Crippen MR) is 236 cm³/mol. The third-order valence-corrected chi connectivity index (χ3v) is 10.1. The molecule has 5 aromatic rings. The van der Waals surface area contributed by atoms with Crippen LogP contribution < -0.4 is 18.9 Å². The Morgan fingerprint density at radius 3 is 1.34 bits per heavy atom. The summed E-state index contributed by atoms with van der Waals surface area (Å²) in [7, 11) is 0. The van der Waals surface area contributed by atoms with E-state index >= 15 is 0 Å². The second-order valence-electron chi connectivity index (χ2n) is 14.3. The maximum atomic E-state index is 14.6. The summed E-state index contributed by atoms with van der Waals surface area (Å²) in [6.45, 7) is 5.27. The highest BCUT2D eigenvalue weighted by atomic mass is 79.9. The summed E-state index contributed by atoms with van der Waals surface area (Å²) in [6.07, 6.45) is 13.4. The van der Waals surface area contributed by atoms with E-state index in [2.05, 4.69) is 50.2 Å². The SMILES string of the molecule is CCCCCCCCOc1ccc(N=Nc2ccc(C(=O)Oc3ccc(Br)c(OC(=O)c4ccc(N=Nc5ccc(OCCCCCCCC)c(F)c5)cc4)c3)cc2)cc1F. The lowest BCUT2D eigenvalue weighted by Crippen LogP contribution is -2.10. The summed E-state index contributed by atoms with van der Waals surface area (Å²) in [5.74, 6) is -1.70. The van der Waals surface area contributed by atoms with Crippen molar-refractivity contribution in [2.24, 2.45) is 20.5 Å². The van der Waals surface area contributed by atoms with E-state index in [-0.39, 0.29) is 34.1 Å². The smallest absolute Gasteiger partial charge is 0.343 e. The summed E-state index contributed by atoms with van der Waals surface area (Å²) < 4.78 is 52.0. The van der Waals surface area contributed by atoms with Crippen LogP contribution in [0, 0.1) is 11.6 Å². The van der Waals surface area contributed by atoms with Gasteiger partial charge in [-0.1, -0.05) is 78.1 Å². The maximum Gasteiger partial charge on any atom is 0.343 e. The van der Waals surface area contributed by atoms with Crippen molar-refractivity contribution in [1.29, 1.82) is 0 Å². The number of carbonyl (C=O) groups excluding carboxylic acids is 2. The fourth-order valence-corrected chi connectivity index (χ4v) is 6.30. The topological polar surface area (TPSA) is 121 Å². The summed E-state index contributed by atoms with van der Waals surface area (Å²) in [5.41, 5.74) is 2.00. The van der Waals surface area contributed by atoms with Gasteiger partial charge < -0.3 is 18.9 Å². The van der Waals surface area contributed by atoms with Gasteiger partial charge in [-0.25, -0.2) is 18.4 Å². The van der Waals surface area contributed by atoms with E-state index in [1.807, 2.05) is 0 Å². The van der Waals surface area contributed by atoms with Gasteiger partial charge in [-0.2, -0.15) is 20.5 Å². The van der Waals surface area contributed by atoms with Crippen LogP contribution in [0.1, 0.15) is 112 Å². The van der Waals surface area contributed by atoms with Crippen LogP contribution in [0.15, 0.2) is 128 Å². The minimum Gasteiger partial charge on any atom is -0.491 e. The number of unbranched alkanes of at least 4 members (excludes halogenated alkanes) is 10. The van der Waals surface area contributed by atoms with Crippen LogP contribution in [0.5, 0.6) is 23.0 Å². The number of carbonyl (C=O) groups is 2. The van der Waals surface area contributed by atoms with Crippen molar-refractivity contribution in [3.05, 3.63) is 130 Å². The number of nitrogens with zero attached hydrogens (tertiary/aromatic N) is 4. The number of benzene rings is 5. The highest BCUT2D eigenvalue weighted by Gasteiger charge is 2.15. The van der Waals surface area contributed by atoms with Gasteiger partial charge >= 0.3 is 11.9 Å². The van der Waals surface area contributed by atoms with Gasteiger partial charge in [-0.05, 0) is 114 Å². The fraction of sp³-hybridized carbons (Fsp3) is 0.333. The van der Waals surface area contributed by atoms with Crippen molar-refractivity contribution in [2.75, 3.05) is 13.2 Å². The van der Waals surface area contributed by atoms with E-state index in [1.165, 1.54) is 81.0 Å². The van der Waals surface area contributed by atoms with Crippen LogP contribution in [0.3, 0.4) is 0 Å². The molecule has 0 aliphatic heterocycles. The molecule has 320 valence electrons. The first-order valence-electron chi connectivity index (χ1n) is 20.8. The van der Waals surface area contributed by atoms with E-state index in [1.54, 1.807) is 60.7 Å². The molecular formula is C48H51BrF2N4O6. The Balaban J connectivity index is 1.08. The molecule has 0 atom stereocenters.